The first-order valence-electron chi connectivity index (χ1n) is 2.48. The fraction of sp³-hybridized carbons (Fsp3) is 0.500. The van der Waals surface area contributed by atoms with Crippen LogP contribution < -0.4 is 11.5 Å². The number of esters is 1. The van der Waals surface area contributed by atoms with Crippen LogP contribution in [0.2, 0.25) is 0 Å². The van der Waals surface area contributed by atoms with E-state index in [-0.39, 0.29) is 5.84 Å². The molecule has 0 radical (unpaired) electrons. The normalized spacial score (nSPS) is 14.4. The molecule has 1 atom stereocenters. The van der Waals surface area contributed by atoms with Gasteiger partial charge in [-0.15, -0.1) is 0 Å². The van der Waals surface area contributed by atoms with Gasteiger partial charge in [-0.25, -0.2) is 0 Å². The summed E-state index contributed by atoms with van der Waals surface area (Å²) in [6.07, 6.45) is -1.16. The van der Waals surface area contributed by atoms with E-state index in [1.165, 1.54) is 6.92 Å². The van der Waals surface area contributed by atoms with Gasteiger partial charge in [-0.1, -0.05) is 5.16 Å². The molecule has 0 rings (SSSR count). The lowest BCUT2D eigenvalue weighted by Crippen LogP contribution is -2.40. The predicted octanol–water partition coefficient (Wildman–Crippen LogP) is -1.42. The minimum atomic E-state index is -1.16. The van der Waals surface area contributed by atoms with Gasteiger partial charge in [-0.2, -0.15) is 0 Å². The number of nitrogens with zero attached hydrogens (tertiary/aromatic N) is 1. The highest BCUT2D eigenvalue weighted by Crippen LogP contribution is 1.83. The zero-order valence-corrected chi connectivity index (χ0v) is 5.44. The van der Waals surface area contributed by atoms with E-state index in [1.807, 2.05) is 0 Å². The molecule has 0 aliphatic rings. The van der Waals surface area contributed by atoms with Crippen molar-refractivity contribution in [1.82, 2.24) is 0 Å². The molecule has 0 heterocycles. The van der Waals surface area contributed by atoms with E-state index in [0.29, 0.717) is 0 Å². The molecule has 0 aromatic heterocycles. The van der Waals surface area contributed by atoms with E-state index >= 15 is 0 Å². The Labute approximate surface area is 57.4 Å². The molecule has 0 amide bonds. The smallest absolute Gasteiger partial charge is 0.304 e. The van der Waals surface area contributed by atoms with Crippen LogP contribution in [-0.2, 0) is 9.53 Å². The summed E-state index contributed by atoms with van der Waals surface area (Å²) in [7, 11) is 0. The topological polar surface area (TPSA) is 111 Å². The molecule has 5 N–H and O–H groups in total. The van der Waals surface area contributed by atoms with E-state index in [4.69, 9.17) is 16.7 Å². The van der Waals surface area contributed by atoms with E-state index < -0.39 is 12.2 Å². The van der Waals surface area contributed by atoms with E-state index in [2.05, 4.69) is 9.89 Å². The molecule has 0 saturated carbocycles. The van der Waals surface area contributed by atoms with Crippen molar-refractivity contribution in [2.24, 2.45) is 16.6 Å². The summed E-state index contributed by atoms with van der Waals surface area (Å²) in [5, 5.41) is 10.5. The van der Waals surface area contributed by atoms with Crippen LogP contribution in [0.1, 0.15) is 6.92 Å². The highest BCUT2D eigenvalue weighted by Gasteiger charge is 2.09. The van der Waals surface area contributed by atoms with Crippen LogP contribution in [0.25, 0.3) is 0 Å². The van der Waals surface area contributed by atoms with Gasteiger partial charge in [0.1, 0.15) is 0 Å². The Morgan fingerprint density at radius 1 is 1.80 bits per heavy atom. The number of carbonyl (C=O) groups excluding carboxylic acids is 1. The van der Waals surface area contributed by atoms with E-state index in [9.17, 15) is 4.79 Å². The molecule has 1 unspecified atom stereocenters. The Morgan fingerprint density at radius 2 is 2.30 bits per heavy atom. The second kappa shape index (κ2) is 3.67. The first-order valence-corrected chi connectivity index (χ1v) is 2.48. The van der Waals surface area contributed by atoms with Crippen molar-refractivity contribution >= 4 is 11.8 Å². The van der Waals surface area contributed by atoms with Crippen molar-refractivity contribution < 1.29 is 14.7 Å². The van der Waals surface area contributed by atoms with Gasteiger partial charge >= 0.3 is 5.97 Å². The van der Waals surface area contributed by atoms with Crippen molar-refractivity contribution in [2.75, 3.05) is 0 Å². The Balaban J connectivity index is 3.85. The van der Waals surface area contributed by atoms with E-state index in [1.54, 1.807) is 0 Å². The lowest BCUT2D eigenvalue weighted by Gasteiger charge is -2.08. The van der Waals surface area contributed by atoms with Crippen LogP contribution in [0.3, 0.4) is 0 Å². The van der Waals surface area contributed by atoms with Crippen LogP contribution in [-0.4, -0.2) is 23.2 Å². The maximum Gasteiger partial charge on any atom is 0.304 e. The second-order valence-corrected chi connectivity index (χ2v) is 1.55. The lowest BCUT2D eigenvalue weighted by molar-refractivity contribution is -0.143. The third-order valence-electron chi connectivity index (χ3n) is 0.700. The van der Waals surface area contributed by atoms with Crippen molar-refractivity contribution in [2.45, 2.75) is 13.2 Å². The number of ether oxygens (including phenoxy) is 1. The zero-order valence-electron chi connectivity index (χ0n) is 5.44. The molecule has 6 heteroatoms. The summed E-state index contributed by atoms with van der Waals surface area (Å²) < 4.78 is 4.33. The number of amidine groups is 1. The summed E-state index contributed by atoms with van der Waals surface area (Å²) in [4.78, 5) is 10.2. The standard InChI is InChI=1S/C4H9N3O3/c1-2(8)10-4(6)3(5)7-9/h4,9H,6H2,1H3,(H2,5,7). The third kappa shape index (κ3) is 2.88. The van der Waals surface area contributed by atoms with Gasteiger partial charge in [0.15, 0.2) is 5.84 Å². The molecule has 0 aromatic carbocycles. The van der Waals surface area contributed by atoms with Crippen LogP contribution in [0.5, 0.6) is 0 Å². The predicted molar refractivity (Wildman–Crippen MR) is 33.2 cm³/mol. The highest BCUT2D eigenvalue weighted by atomic mass is 16.6. The van der Waals surface area contributed by atoms with Crippen LogP contribution in [0.15, 0.2) is 5.16 Å². The Morgan fingerprint density at radius 3 is 2.60 bits per heavy atom. The Hall–Kier alpha value is -1.30. The van der Waals surface area contributed by atoms with Crippen molar-refractivity contribution in [1.29, 1.82) is 0 Å². The molecule has 10 heavy (non-hydrogen) atoms. The molecule has 0 aliphatic carbocycles. The fourth-order valence-electron chi connectivity index (χ4n) is 0.296. The van der Waals surface area contributed by atoms with E-state index in [0.717, 1.165) is 0 Å². The summed E-state index contributed by atoms with van der Waals surface area (Å²) >= 11 is 0. The minimum Gasteiger partial charge on any atom is -0.439 e. The molecule has 0 fully saturated rings. The fourth-order valence-corrected chi connectivity index (χ4v) is 0.296. The Kier molecular flexibility index (Phi) is 3.20. The number of carbonyl (C=O) groups is 1. The van der Waals surface area contributed by atoms with Gasteiger partial charge in [-0.05, 0) is 0 Å². The van der Waals surface area contributed by atoms with Crippen molar-refractivity contribution in [3.8, 4) is 0 Å². The highest BCUT2D eigenvalue weighted by molar-refractivity contribution is 5.85. The lowest BCUT2D eigenvalue weighted by atomic mass is 10.5. The minimum absolute atomic E-state index is 0.338. The van der Waals surface area contributed by atoms with Gasteiger partial charge in [0.05, 0.1) is 0 Å². The average Bonchev–Trinajstić information content (AvgIpc) is 1.85. The monoisotopic (exact) mass is 147 g/mol. The number of hydrogen-bond donors (Lipinski definition) is 3. The summed E-state index contributed by atoms with van der Waals surface area (Å²) in [6, 6.07) is 0. The van der Waals surface area contributed by atoms with Crippen molar-refractivity contribution in [3.05, 3.63) is 0 Å². The maximum absolute atomic E-state index is 10.2. The molecule has 0 saturated heterocycles. The maximum atomic E-state index is 10.2. The molecular weight excluding hydrogens is 138 g/mol. The number of nitrogens with two attached hydrogens (primary N) is 2. The molecule has 6 nitrogen and oxygen atoms in total. The first kappa shape index (κ1) is 8.70. The summed E-state index contributed by atoms with van der Waals surface area (Å²) in [5.41, 5.74) is 10.0. The molecule has 0 bridgehead atoms. The zero-order chi connectivity index (χ0) is 8.15. The summed E-state index contributed by atoms with van der Waals surface area (Å²) in [6.45, 7) is 1.17. The molecule has 0 aromatic rings. The number of hydrogen-bond acceptors (Lipinski definition) is 5. The van der Waals surface area contributed by atoms with Gasteiger partial charge in [0, 0.05) is 6.92 Å². The first-order chi connectivity index (χ1) is 4.57. The SMILES string of the molecule is CC(=O)OC(N)C(N)=NO. The van der Waals surface area contributed by atoms with Crippen molar-refractivity contribution in [3.63, 3.8) is 0 Å². The second-order valence-electron chi connectivity index (χ2n) is 1.55. The van der Waals surface area contributed by atoms with Crippen LogP contribution in [0.4, 0.5) is 0 Å². The van der Waals surface area contributed by atoms with Gasteiger partial charge < -0.3 is 15.7 Å². The van der Waals surface area contributed by atoms with Gasteiger partial charge in [-0.3, -0.25) is 10.5 Å². The van der Waals surface area contributed by atoms with Gasteiger partial charge in [0.2, 0.25) is 6.23 Å². The molecule has 0 spiro atoms. The number of oxime groups is 1. The Bertz CT molecular complexity index is 156. The van der Waals surface area contributed by atoms with Crippen LogP contribution >= 0.6 is 0 Å². The summed E-state index contributed by atoms with van der Waals surface area (Å²) in [5.74, 6) is -0.922. The van der Waals surface area contributed by atoms with Gasteiger partial charge in [0.25, 0.3) is 0 Å². The largest absolute Gasteiger partial charge is 0.439 e. The number of rotatable bonds is 2. The van der Waals surface area contributed by atoms with Crippen LogP contribution in [0, 0.1) is 0 Å². The third-order valence-corrected chi connectivity index (χ3v) is 0.700. The quantitative estimate of drug-likeness (QED) is 0.111. The molecular formula is C4H9N3O3. The molecule has 58 valence electrons. The molecule has 0 aliphatic heterocycles. The average molecular weight is 147 g/mol.